The quantitative estimate of drug-likeness (QED) is 0.898. The SMILES string of the molecule is COc1ccc(C(C)(C)CNC(=O)C2CCCCC2)cc1. The Morgan fingerprint density at radius 3 is 2.38 bits per heavy atom. The van der Waals surface area contributed by atoms with Crippen molar-refractivity contribution in [1.82, 2.24) is 5.32 Å². The maximum Gasteiger partial charge on any atom is 0.223 e. The first-order chi connectivity index (χ1) is 10.0. The minimum Gasteiger partial charge on any atom is -0.497 e. The zero-order chi connectivity index (χ0) is 15.3. The first kappa shape index (κ1) is 15.9. The molecule has 1 amide bonds. The lowest BCUT2D eigenvalue weighted by atomic mass is 9.84. The highest BCUT2D eigenvalue weighted by molar-refractivity contribution is 5.78. The fourth-order valence-electron chi connectivity index (χ4n) is 2.96. The number of ether oxygens (including phenoxy) is 1. The molecule has 1 aliphatic rings. The third kappa shape index (κ3) is 4.23. The van der Waals surface area contributed by atoms with Gasteiger partial charge in [0.05, 0.1) is 7.11 Å². The zero-order valence-corrected chi connectivity index (χ0v) is 13.4. The van der Waals surface area contributed by atoms with Crippen LogP contribution in [-0.2, 0) is 10.2 Å². The van der Waals surface area contributed by atoms with Gasteiger partial charge < -0.3 is 10.1 Å². The van der Waals surface area contributed by atoms with E-state index in [1.807, 2.05) is 12.1 Å². The van der Waals surface area contributed by atoms with Crippen LogP contribution in [0.15, 0.2) is 24.3 Å². The minimum absolute atomic E-state index is 0.0728. The first-order valence-electron chi connectivity index (χ1n) is 7.95. The van der Waals surface area contributed by atoms with E-state index in [0.29, 0.717) is 6.54 Å². The van der Waals surface area contributed by atoms with Gasteiger partial charge in [0.1, 0.15) is 5.75 Å². The van der Waals surface area contributed by atoms with Gasteiger partial charge in [-0.15, -0.1) is 0 Å². The van der Waals surface area contributed by atoms with E-state index in [1.54, 1.807) is 7.11 Å². The van der Waals surface area contributed by atoms with Crippen LogP contribution in [0.3, 0.4) is 0 Å². The van der Waals surface area contributed by atoms with E-state index in [4.69, 9.17) is 4.74 Å². The molecule has 0 unspecified atom stereocenters. The third-order valence-corrected chi connectivity index (χ3v) is 4.55. The lowest BCUT2D eigenvalue weighted by Gasteiger charge is -2.28. The molecular weight excluding hydrogens is 262 g/mol. The minimum atomic E-state index is -0.0728. The molecule has 2 rings (SSSR count). The van der Waals surface area contributed by atoms with Gasteiger partial charge in [0.15, 0.2) is 0 Å². The van der Waals surface area contributed by atoms with Gasteiger partial charge >= 0.3 is 0 Å². The smallest absolute Gasteiger partial charge is 0.223 e. The molecule has 0 bridgehead atoms. The Morgan fingerprint density at radius 2 is 1.81 bits per heavy atom. The molecule has 1 saturated carbocycles. The van der Waals surface area contributed by atoms with Gasteiger partial charge in [-0.25, -0.2) is 0 Å². The van der Waals surface area contributed by atoms with Crippen molar-refractivity contribution in [1.29, 1.82) is 0 Å². The molecule has 1 fully saturated rings. The number of nitrogens with one attached hydrogen (secondary N) is 1. The highest BCUT2D eigenvalue weighted by Gasteiger charge is 2.25. The van der Waals surface area contributed by atoms with Crippen LogP contribution in [0, 0.1) is 5.92 Å². The molecule has 21 heavy (non-hydrogen) atoms. The monoisotopic (exact) mass is 289 g/mol. The molecule has 0 aliphatic heterocycles. The Bertz CT molecular complexity index is 459. The first-order valence-corrected chi connectivity index (χ1v) is 7.95. The summed E-state index contributed by atoms with van der Waals surface area (Å²) in [5.41, 5.74) is 1.14. The largest absolute Gasteiger partial charge is 0.497 e. The van der Waals surface area contributed by atoms with Crippen LogP contribution in [0.25, 0.3) is 0 Å². The number of rotatable bonds is 5. The summed E-state index contributed by atoms with van der Waals surface area (Å²) < 4.78 is 5.19. The molecule has 116 valence electrons. The van der Waals surface area contributed by atoms with Gasteiger partial charge in [0.2, 0.25) is 5.91 Å². The Morgan fingerprint density at radius 1 is 1.19 bits per heavy atom. The summed E-state index contributed by atoms with van der Waals surface area (Å²) in [5.74, 6) is 1.32. The van der Waals surface area contributed by atoms with Crippen molar-refractivity contribution in [3.05, 3.63) is 29.8 Å². The summed E-state index contributed by atoms with van der Waals surface area (Å²) in [5, 5.41) is 3.15. The molecule has 0 radical (unpaired) electrons. The molecular formula is C18H27NO2. The molecule has 0 saturated heterocycles. The lowest BCUT2D eigenvalue weighted by molar-refractivity contribution is -0.126. The lowest BCUT2D eigenvalue weighted by Crippen LogP contribution is -2.40. The van der Waals surface area contributed by atoms with Crippen LogP contribution in [-0.4, -0.2) is 19.6 Å². The van der Waals surface area contributed by atoms with Gasteiger partial charge in [0.25, 0.3) is 0 Å². The summed E-state index contributed by atoms with van der Waals surface area (Å²) in [4.78, 5) is 12.2. The number of amides is 1. The molecule has 0 heterocycles. The van der Waals surface area contributed by atoms with Crippen LogP contribution in [0.1, 0.15) is 51.5 Å². The molecule has 0 aromatic heterocycles. The van der Waals surface area contributed by atoms with E-state index in [-0.39, 0.29) is 17.2 Å². The average molecular weight is 289 g/mol. The van der Waals surface area contributed by atoms with Crippen molar-refractivity contribution in [2.24, 2.45) is 5.92 Å². The molecule has 3 nitrogen and oxygen atoms in total. The number of carbonyl (C=O) groups excluding carboxylic acids is 1. The fraction of sp³-hybridized carbons (Fsp3) is 0.611. The number of methoxy groups -OCH3 is 1. The number of carbonyl (C=O) groups is 1. The van der Waals surface area contributed by atoms with Crippen LogP contribution < -0.4 is 10.1 Å². The van der Waals surface area contributed by atoms with E-state index in [9.17, 15) is 4.79 Å². The summed E-state index contributed by atoms with van der Waals surface area (Å²) in [6, 6.07) is 8.09. The van der Waals surface area contributed by atoms with Gasteiger partial charge in [-0.3, -0.25) is 4.79 Å². The molecule has 1 N–H and O–H groups in total. The summed E-state index contributed by atoms with van der Waals surface area (Å²) >= 11 is 0. The van der Waals surface area contributed by atoms with Gasteiger partial charge in [0, 0.05) is 17.9 Å². The highest BCUT2D eigenvalue weighted by Crippen LogP contribution is 2.26. The Hall–Kier alpha value is -1.51. The van der Waals surface area contributed by atoms with Crippen LogP contribution in [0.5, 0.6) is 5.75 Å². The number of hydrogen-bond acceptors (Lipinski definition) is 2. The molecule has 0 atom stereocenters. The zero-order valence-electron chi connectivity index (χ0n) is 13.4. The normalized spacial score (nSPS) is 16.5. The molecule has 0 spiro atoms. The second-order valence-electron chi connectivity index (χ2n) is 6.67. The predicted octanol–water partition coefficient (Wildman–Crippen LogP) is 3.67. The van der Waals surface area contributed by atoms with E-state index >= 15 is 0 Å². The molecule has 1 aromatic rings. The van der Waals surface area contributed by atoms with Gasteiger partial charge in [-0.2, -0.15) is 0 Å². The Kier molecular flexibility index (Phi) is 5.27. The standard InChI is InChI=1S/C18H27NO2/c1-18(2,15-9-11-16(21-3)12-10-15)13-19-17(20)14-7-5-4-6-8-14/h9-12,14H,4-8,13H2,1-3H3,(H,19,20). The van der Waals surface area contributed by atoms with Crippen molar-refractivity contribution < 1.29 is 9.53 Å². The van der Waals surface area contributed by atoms with Crippen molar-refractivity contribution in [2.75, 3.05) is 13.7 Å². The summed E-state index contributed by atoms with van der Waals surface area (Å²) in [7, 11) is 1.67. The molecule has 1 aliphatic carbocycles. The van der Waals surface area contributed by atoms with Crippen LogP contribution >= 0.6 is 0 Å². The summed E-state index contributed by atoms with van der Waals surface area (Å²) in [6.07, 6.45) is 5.77. The van der Waals surface area contributed by atoms with Gasteiger partial charge in [-0.05, 0) is 30.5 Å². The third-order valence-electron chi connectivity index (χ3n) is 4.55. The van der Waals surface area contributed by atoms with E-state index in [2.05, 4.69) is 31.3 Å². The van der Waals surface area contributed by atoms with Crippen molar-refractivity contribution in [3.8, 4) is 5.75 Å². The second kappa shape index (κ2) is 6.97. The van der Waals surface area contributed by atoms with Crippen LogP contribution in [0.4, 0.5) is 0 Å². The maximum atomic E-state index is 12.2. The van der Waals surface area contributed by atoms with Crippen molar-refractivity contribution in [2.45, 2.75) is 51.4 Å². The maximum absolute atomic E-state index is 12.2. The highest BCUT2D eigenvalue weighted by atomic mass is 16.5. The molecule has 3 heteroatoms. The van der Waals surface area contributed by atoms with E-state index in [1.165, 1.54) is 24.8 Å². The Balaban J connectivity index is 1.91. The van der Waals surface area contributed by atoms with E-state index < -0.39 is 0 Å². The van der Waals surface area contributed by atoms with Gasteiger partial charge in [-0.1, -0.05) is 45.2 Å². The number of benzene rings is 1. The average Bonchev–Trinajstić information content (AvgIpc) is 2.53. The Labute approximate surface area is 128 Å². The number of hydrogen-bond donors (Lipinski definition) is 1. The van der Waals surface area contributed by atoms with E-state index in [0.717, 1.165) is 18.6 Å². The fourth-order valence-corrected chi connectivity index (χ4v) is 2.96. The molecule has 1 aromatic carbocycles. The van der Waals surface area contributed by atoms with Crippen molar-refractivity contribution >= 4 is 5.91 Å². The second-order valence-corrected chi connectivity index (χ2v) is 6.67. The van der Waals surface area contributed by atoms with Crippen LogP contribution in [0.2, 0.25) is 0 Å². The predicted molar refractivity (Wildman–Crippen MR) is 85.6 cm³/mol. The topological polar surface area (TPSA) is 38.3 Å². The summed E-state index contributed by atoms with van der Waals surface area (Å²) in [6.45, 7) is 5.00. The van der Waals surface area contributed by atoms with Crippen molar-refractivity contribution in [3.63, 3.8) is 0 Å².